The van der Waals surface area contributed by atoms with Gasteiger partial charge < -0.3 is 4.90 Å². The molecule has 0 aromatic heterocycles. The van der Waals surface area contributed by atoms with Crippen LogP contribution in [-0.2, 0) is 4.79 Å². The predicted octanol–water partition coefficient (Wildman–Crippen LogP) is 6.34. The van der Waals surface area contributed by atoms with Crippen LogP contribution in [0.15, 0.2) is 52.4 Å². The lowest BCUT2D eigenvalue weighted by molar-refractivity contribution is -0.122. The van der Waals surface area contributed by atoms with Crippen LogP contribution in [0.5, 0.6) is 0 Å². The molecule has 0 aliphatic carbocycles. The topological polar surface area (TPSA) is 35.9 Å². The highest BCUT2D eigenvalue weighted by Crippen LogP contribution is 2.44. The van der Waals surface area contributed by atoms with Gasteiger partial charge in [-0.2, -0.15) is 0 Å². The molecule has 4 nitrogen and oxygen atoms in total. The van der Waals surface area contributed by atoms with E-state index in [1.165, 1.54) is 28.6 Å². The lowest BCUT2D eigenvalue weighted by atomic mass is 9.79. The number of para-hydroxylation sites is 1. The number of hydrogen-bond donors (Lipinski definition) is 0. The van der Waals surface area contributed by atoms with E-state index in [-0.39, 0.29) is 11.4 Å². The number of nitrogens with zero attached hydrogens (tertiary/aromatic N) is 3. The quantitative estimate of drug-likeness (QED) is 0.530. The SMILES string of the molecule is CCN1C(=O)/C(=C/c2cc3c(cc2C)N(C)C(C)(C)CC3C)SC1=Nc1ccccc1. The van der Waals surface area contributed by atoms with E-state index in [0.29, 0.717) is 12.5 Å². The van der Waals surface area contributed by atoms with Crippen LogP contribution < -0.4 is 4.90 Å². The van der Waals surface area contributed by atoms with Gasteiger partial charge in [-0.15, -0.1) is 0 Å². The summed E-state index contributed by atoms with van der Waals surface area (Å²) in [5.41, 5.74) is 5.97. The minimum absolute atomic E-state index is 0.0330. The Morgan fingerprint density at radius 1 is 1.23 bits per heavy atom. The molecular weight excluding hydrogens is 402 g/mol. The van der Waals surface area contributed by atoms with Gasteiger partial charge in [-0.3, -0.25) is 9.69 Å². The number of hydrogen-bond acceptors (Lipinski definition) is 4. The normalized spacial score (nSPS) is 23.0. The molecule has 162 valence electrons. The summed E-state index contributed by atoms with van der Waals surface area (Å²) in [5, 5.41) is 0.746. The molecule has 0 bridgehead atoms. The number of amidine groups is 1. The first-order chi connectivity index (χ1) is 14.7. The fourth-order valence-corrected chi connectivity index (χ4v) is 5.57. The molecule has 5 heteroatoms. The molecule has 2 aliphatic rings. The summed E-state index contributed by atoms with van der Waals surface area (Å²) in [7, 11) is 2.18. The van der Waals surface area contributed by atoms with Crippen molar-refractivity contribution in [1.82, 2.24) is 4.90 Å². The molecule has 0 radical (unpaired) electrons. The summed E-state index contributed by atoms with van der Waals surface area (Å²) in [5.74, 6) is 0.513. The summed E-state index contributed by atoms with van der Waals surface area (Å²) in [6.07, 6.45) is 3.16. The summed E-state index contributed by atoms with van der Waals surface area (Å²) in [6.45, 7) is 11.6. The molecule has 1 fully saturated rings. The summed E-state index contributed by atoms with van der Waals surface area (Å²) in [6, 6.07) is 14.4. The van der Waals surface area contributed by atoms with E-state index in [1.54, 1.807) is 4.90 Å². The molecule has 4 rings (SSSR count). The Morgan fingerprint density at radius 2 is 1.94 bits per heavy atom. The number of amides is 1. The Hall–Kier alpha value is -2.53. The summed E-state index contributed by atoms with van der Waals surface area (Å²) >= 11 is 1.47. The second kappa shape index (κ2) is 8.19. The smallest absolute Gasteiger partial charge is 0.266 e. The first kappa shape index (κ1) is 21.7. The van der Waals surface area contributed by atoms with E-state index < -0.39 is 0 Å². The highest BCUT2D eigenvalue weighted by Gasteiger charge is 2.35. The van der Waals surface area contributed by atoms with E-state index in [1.807, 2.05) is 43.3 Å². The molecule has 1 saturated heterocycles. The monoisotopic (exact) mass is 433 g/mol. The van der Waals surface area contributed by atoms with Crippen LogP contribution in [0, 0.1) is 6.92 Å². The third-order valence-electron chi connectivity index (χ3n) is 6.49. The van der Waals surface area contributed by atoms with Crippen molar-refractivity contribution in [2.24, 2.45) is 4.99 Å². The molecule has 1 amide bonds. The highest BCUT2D eigenvalue weighted by atomic mass is 32.2. The number of likely N-dealkylation sites (N-methyl/N-ethyl adjacent to an activating group) is 1. The van der Waals surface area contributed by atoms with Crippen LogP contribution in [0.4, 0.5) is 11.4 Å². The third-order valence-corrected chi connectivity index (χ3v) is 7.50. The van der Waals surface area contributed by atoms with Crippen LogP contribution in [-0.4, -0.2) is 35.1 Å². The number of anilines is 1. The molecule has 0 spiro atoms. The third kappa shape index (κ3) is 4.03. The molecule has 0 N–H and O–H groups in total. The Bertz CT molecular complexity index is 1070. The molecule has 1 atom stereocenters. The van der Waals surface area contributed by atoms with E-state index >= 15 is 0 Å². The van der Waals surface area contributed by atoms with Gasteiger partial charge in [-0.25, -0.2) is 4.99 Å². The number of benzene rings is 2. The van der Waals surface area contributed by atoms with E-state index in [2.05, 4.69) is 51.8 Å². The van der Waals surface area contributed by atoms with Gasteiger partial charge in [0.15, 0.2) is 5.17 Å². The number of fused-ring (bicyclic) bond motifs is 1. The number of carbonyl (C=O) groups is 1. The average molecular weight is 434 g/mol. The molecule has 2 heterocycles. The second-order valence-electron chi connectivity index (χ2n) is 9.13. The van der Waals surface area contributed by atoms with Crippen molar-refractivity contribution < 1.29 is 4.79 Å². The zero-order valence-electron chi connectivity index (χ0n) is 19.3. The molecular formula is C26H31N3OS. The van der Waals surface area contributed by atoms with E-state index in [4.69, 9.17) is 4.99 Å². The second-order valence-corrected chi connectivity index (χ2v) is 10.1. The largest absolute Gasteiger partial charge is 0.369 e. The Kier molecular flexibility index (Phi) is 5.73. The van der Waals surface area contributed by atoms with E-state index in [0.717, 1.165) is 27.7 Å². The van der Waals surface area contributed by atoms with Crippen LogP contribution >= 0.6 is 11.8 Å². The van der Waals surface area contributed by atoms with Gasteiger partial charge >= 0.3 is 0 Å². The minimum Gasteiger partial charge on any atom is -0.369 e. The van der Waals surface area contributed by atoms with Crippen molar-refractivity contribution >= 4 is 40.3 Å². The maximum absolute atomic E-state index is 13.1. The standard InChI is InChI=1S/C26H31N3OS/c1-7-29-24(30)23(31-25(29)27-20-11-9-8-10-12-20)15-19-14-21-18(3)16-26(4,5)28(6)22(21)13-17(19)2/h8-15,18H,7,16H2,1-6H3/b23-15-,27-25?. The van der Waals surface area contributed by atoms with Crippen molar-refractivity contribution in [1.29, 1.82) is 0 Å². The van der Waals surface area contributed by atoms with Crippen molar-refractivity contribution in [3.05, 3.63) is 64.1 Å². The zero-order valence-corrected chi connectivity index (χ0v) is 20.1. The van der Waals surface area contributed by atoms with Gasteiger partial charge in [0.1, 0.15) is 0 Å². The fourth-order valence-electron chi connectivity index (χ4n) is 4.51. The minimum atomic E-state index is 0.0330. The fraction of sp³-hybridized carbons (Fsp3) is 0.385. The number of rotatable bonds is 3. The number of carbonyl (C=O) groups excluding carboxylic acids is 1. The van der Waals surface area contributed by atoms with Gasteiger partial charge in [0.2, 0.25) is 0 Å². The van der Waals surface area contributed by atoms with Crippen molar-refractivity contribution in [3.63, 3.8) is 0 Å². The maximum Gasteiger partial charge on any atom is 0.266 e. The van der Waals surface area contributed by atoms with Crippen LogP contribution in [0.25, 0.3) is 6.08 Å². The van der Waals surface area contributed by atoms with E-state index in [9.17, 15) is 4.79 Å². The number of thioether (sulfide) groups is 1. The lowest BCUT2D eigenvalue weighted by Gasteiger charge is -2.45. The Morgan fingerprint density at radius 3 is 2.61 bits per heavy atom. The van der Waals surface area contributed by atoms with Gasteiger partial charge in [0.05, 0.1) is 10.6 Å². The maximum atomic E-state index is 13.1. The molecule has 2 aromatic carbocycles. The van der Waals surface area contributed by atoms with Gasteiger partial charge in [-0.05, 0) is 98.8 Å². The molecule has 2 aromatic rings. The molecule has 0 saturated carbocycles. The first-order valence-electron chi connectivity index (χ1n) is 10.9. The number of aliphatic imine (C=N–C) groups is 1. The van der Waals surface area contributed by atoms with Crippen LogP contribution in [0.3, 0.4) is 0 Å². The molecule has 2 aliphatic heterocycles. The van der Waals surface area contributed by atoms with Crippen LogP contribution in [0.2, 0.25) is 0 Å². The van der Waals surface area contributed by atoms with Crippen molar-refractivity contribution in [3.8, 4) is 0 Å². The highest BCUT2D eigenvalue weighted by molar-refractivity contribution is 8.18. The van der Waals surface area contributed by atoms with Crippen molar-refractivity contribution in [2.45, 2.75) is 52.5 Å². The zero-order chi connectivity index (χ0) is 22.3. The molecule has 31 heavy (non-hydrogen) atoms. The Labute approximate surface area is 190 Å². The Balaban J connectivity index is 1.71. The lowest BCUT2D eigenvalue weighted by Crippen LogP contribution is -2.45. The number of aryl methyl sites for hydroxylation is 1. The van der Waals surface area contributed by atoms with Crippen LogP contribution in [0.1, 0.15) is 56.7 Å². The van der Waals surface area contributed by atoms with Crippen molar-refractivity contribution in [2.75, 3.05) is 18.5 Å². The first-order valence-corrected chi connectivity index (χ1v) is 11.8. The van der Waals surface area contributed by atoms with Gasteiger partial charge in [0, 0.05) is 24.8 Å². The average Bonchev–Trinajstić information content (AvgIpc) is 3.02. The predicted molar refractivity (Wildman–Crippen MR) is 133 cm³/mol. The summed E-state index contributed by atoms with van der Waals surface area (Å²) < 4.78 is 0. The van der Waals surface area contributed by atoms with Gasteiger partial charge in [-0.1, -0.05) is 25.1 Å². The van der Waals surface area contributed by atoms with Gasteiger partial charge in [0.25, 0.3) is 5.91 Å². The summed E-state index contributed by atoms with van der Waals surface area (Å²) in [4.78, 5) is 22.7. The molecule has 1 unspecified atom stereocenters.